The molecule has 112 valence electrons. The van der Waals surface area contributed by atoms with E-state index in [0.29, 0.717) is 17.9 Å². The second-order valence-electron chi connectivity index (χ2n) is 4.33. The van der Waals surface area contributed by atoms with Crippen molar-refractivity contribution in [2.45, 2.75) is 30.9 Å². The third-order valence-corrected chi connectivity index (χ3v) is 4.05. The van der Waals surface area contributed by atoms with Gasteiger partial charge < -0.3 is 15.0 Å². The number of benzene rings is 1. The first kappa shape index (κ1) is 15.5. The highest BCUT2D eigenvalue weighted by Crippen LogP contribution is 2.22. The highest BCUT2D eigenvalue weighted by molar-refractivity contribution is 7.98. The summed E-state index contributed by atoms with van der Waals surface area (Å²) in [6, 6.07) is 7.38. The van der Waals surface area contributed by atoms with Gasteiger partial charge >= 0.3 is 5.97 Å². The Labute approximate surface area is 127 Å². The van der Waals surface area contributed by atoms with Gasteiger partial charge in [-0.15, -0.1) is 10.2 Å². The van der Waals surface area contributed by atoms with Crippen LogP contribution in [0.3, 0.4) is 0 Å². The summed E-state index contributed by atoms with van der Waals surface area (Å²) >= 11 is 1.57. The van der Waals surface area contributed by atoms with Crippen LogP contribution in [-0.2, 0) is 23.6 Å². The highest BCUT2D eigenvalue weighted by atomic mass is 32.2. The Kier molecular flexibility index (Phi) is 5.35. The van der Waals surface area contributed by atoms with Gasteiger partial charge in [0.1, 0.15) is 5.82 Å². The number of thioether (sulfide) groups is 1. The van der Waals surface area contributed by atoms with Crippen LogP contribution in [0.4, 0.5) is 0 Å². The van der Waals surface area contributed by atoms with E-state index in [-0.39, 0.29) is 5.97 Å². The van der Waals surface area contributed by atoms with Gasteiger partial charge in [0, 0.05) is 12.3 Å². The van der Waals surface area contributed by atoms with Crippen molar-refractivity contribution in [3.05, 3.63) is 41.2 Å². The Morgan fingerprint density at radius 1 is 1.43 bits per heavy atom. The van der Waals surface area contributed by atoms with Crippen molar-refractivity contribution < 1.29 is 9.53 Å². The van der Waals surface area contributed by atoms with Crippen LogP contribution in [0.1, 0.15) is 28.7 Å². The van der Waals surface area contributed by atoms with Crippen LogP contribution in [-0.4, -0.2) is 27.8 Å². The molecule has 0 aliphatic heterocycles. The van der Waals surface area contributed by atoms with Gasteiger partial charge in [0.2, 0.25) is 0 Å². The molecule has 0 atom stereocenters. The third-order valence-electron chi connectivity index (χ3n) is 3.01. The first-order chi connectivity index (χ1) is 10.2. The molecule has 0 saturated carbocycles. The summed E-state index contributed by atoms with van der Waals surface area (Å²) in [5.41, 5.74) is 7.21. The molecule has 0 fully saturated rings. The number of carbonyl (C=O) groups excluding carboxylic acids is 1. The standard InChI is InChI=1S/C14H18N4O2S/c1-3-18-12(8-15)16-17-14(18)21-9-10-5-4-6-11(7-10)13(19)20-2/h4-7H,3,8-9,15H2,1-2H3. The lowest BCUT2D eigenvalue weighted by Gasteiger charge is -2.06. The number of ether oxygens (including phenoxy) is 1. The molecule has 0 aliphatic carbocycles. The minimum absolute atomic E-state index is 0.330. The number of aromatic nitrogens is 3. The number of nitrogens with zero attached hydrogens (tertiary/aromatic N) is 3. The maximum Gasteiger partial charge on any atom is 0.337 e. The van der Waals surface area contributed by atoms with Crippen LogP contribution in [0.5, 0.6) is 0 Å². The molecule has 2 aromatic rings. The van der Waals surface area contributed by atoms with Crippen LogP contribution >= 0.6 is 11.8 Å². The Balaban J connectivity index is 2.10. The molecule has 0 saturated heterocycles. The number of rotatable bonds is 6. The predicted octanol–water partition coefficient (Wildman–Crippen LogP) is 1.84. The number of esters is 1. The Bertz CT molecular complexity index is 627. The molecule has 1 aromatic heterocycles. The largest absolute Gasteiger partial charge is 0.465 e. The molecule has 21 heavy (non-hydrogen) atoms. The molecule has 2 N–H and O–H groups in total. The number of carbonyl (C=O) groups is 1. The smallest absolute Gasteiger partial charge is 0.337 e. The first-order valence-corrected chi connectivity index (χ1v) is 7.60. The second-order valence-corrected chi connectivity index (χ2v) is 5.27. The number of methoxy groups -OCH3 is 1. The van der Waals surface area contributed by atoms with E-state index in [1.165, 1.54) is 7.11 Å². The molecule has 1 aromatic carbocycles. The van der Waals surface area contributed by atoms with Crippen molar-refractivity contribution in [2.75, 3.05) is 7.11 Å². The summed E-state index contributed by atoms with van der Waals surface area (Å²) < 4.78 is 6.72. The molecule has 0 aliphatic rings. The van der Waals surface area contributed by atoms with Crippen molar-refractivity contribution in [3.8, 4) is 0 Å². The second kappa shape index (κ2) is 7.24. The van der Waals surface area contributed by atoms with Crippen LogP contribution in [0.2, 0.25) is 0 Å². The average Bonchev–Trinajstić information content (AvgIpc) is 2.94. The maximum atomic E-state index is 11.5. The molecule has 1 heterocycles. The number of nitrogens with two attached hydrogens (primary N) is 1. The summed E-state index contributed by atoms with van der Waals surface area (Å²) in [6.45, 7) is 3.19. The molecule has 0 spiro atoms. The zero-order valence-corrected chi connectivity index (χ0v) is 12.9. The maximum absolute atomic E-state index is 11.5. The molecule has 0 bridgehead atoms. The fourth-order valence-corrected chi connectivity index (χ4v) is 2.91. The van der Waals surface area contributed by atoms with Crippen LogP contribution in [0, 0.1) is 0 Å². The fraction of sp³-hybridized carbons (Fsp3) is 0.357. The van der Waals surface area contributed by atoms with E-state index in [0.717, 1.165) is 23.1 Å². The van der Waals surface area contributed by atoms with Gasteiger partial charge in [0.25, 0.3) is 0 Å². The molecular weight excluding hydrogens is 288 g/mol. The molecule has 6 nitrogen and oxygen atoms in total. The van der Waals surface area contributed by atoms with Gasteiger partial charge in [-0.3, -0.25) is 0 Å². The van der Waals surface area contributed by atoms with E-state index in [1.54, 1.807) is 17.8 Å². The van der Waals surface area contributed by atoms with E-state index < -0.39 is 0 Å². The lowest BCUT2D eigenvalue weighted by molar-refractivity contribution is 0.0600. The summed E-state index contributed by atoms with van der Waals surface area (Å²) in [4.78, 5) is 11.5. The lowest BCUT2D eigenvalue weighted by Crippen LogP contribution is -2.08. The van der Waals surface area contributed by atoms with Crippen molar-refractivity contribution in [1.29, 1.82) is 0 Å². The normalized spacial score (nSPS) is 10.6. The van der Waals surface area contributed by atoms with Crippen LogP contribution in [0.15, 0.2) is 29.4 Å². The van der Waals surface area contributed by atoms with Gasteiger partial charge in [-0.05, 0) is 24.6 Å². The molecule has 7 heteroatoms. The monoisotopic (exact) mass is 306 g/mol. The van der Waals surface area contributed by atoms with Crippen LogP contribution < -0.4 is 5.73 Å². The fourth-order valence-electron chi connectivity index (χ4n) is 1.95. The Morgan fingerprint density at radius 3 is 2.90 bits per heavy atom. The van der Waals surface area contributed by atoms with E-state index in [4.69, 9.17) is 10.5 Å². The van der Waals surface area contributed by atoms with E-state index in [1.807, 2.05) is 29.7 Å². The SMILES string of the molecule is CCn1c(CN)nnc1SCc1cccc(C(=O)OC)c1. The molecule has 0 amide bonds. The van der Waals surface area contributed by atoms with Gasteiger partial charge in [-0.25, -0.2) is 4.79 Å². The van der Waals surface area contributed by atoms with Gasteiger partial charge in [0.05, 0.1) is 19.2 Å². The van der Waals surface area contributed by atoms with Crippen LogP contribution in [0.25, 0.3) is 0 Å². The first-order valence-electron chi connectivity index (χ1n) is 6.61. The van der Waals surface area contributed by atoms with E-state index >= 15 is 0 Å². The van der Waals surface area contributed by atoms with E-state index in [2.05, 4.69) is 10.2 Å². The number of hydrogen-bond donors (Lipinski definition) is 1. The zero-order chi connectivity index (χ0) is 15.2. The minimum Gasteiger partial charge on any atom is -0.465 e. The summed E-state index contributed by atoms with van der Waals surface area (Å²) in [5, 5.41) is 9.06. The average molecular weight is 306 g/mol. The predicted molar refractivity (Wildman–Crippen MR) is 80.9 cm³/mol. The lowest BCUT2D eigenvalue weighted by atomic mass is 10.1. The number of hydrogen-bond acceptors (Lipinski definition) is 6. The molecule has 0 unspecified atom stereocenters. The Hall–Kier alpha value is -1.86. The summed E-state index contributed by atoms with van der Waals surface area (Å²) in [5.74, 6) is 1.15. The van der Waals surface area contributed by atoms with Crippen molar-refractivity contribution in [3.63, 3.8) is 0 Å². The van der Waals surface area contributed by atoms with Gasteiger partial charge in [0.15, 0.2) is 5.16 Å². The van der Waals surface area contributed by atoms with Crippen molar-refractivity contribution >= 4 is 17.7 Å². The van der Waals surface area contributed by atoms with Crippen molar-refractivity contribution in [2.24, 2.45) is 5.73 Å². The Morgan fingerprint density at radius 2 is 2.24 bits per heavy atom. The van der Waals surface area contributed by atoms with Crippen molar-refractivity contribution in [1.82, 2.24) is 14.8 Å². The zero-order valence-electron chi connectivity index (χ0n) is 12.1. The summed E-state index contributed by atoms with van der Waals surface area (Å²) in [7, 11) is 1.38. The van der Waals surface area contributed by atoms with Gasteiger partial charge in [-0.1, -0.05) is 23.9 Å². The minimum atomic E-state index is -0.330. The van der Waals surface area contributed by atoms with Gasteiger partial charge in [-0.2, -0.15) is 0 Å². The quantitative estimate of drug-likeness (QED) is 0.647. The molecule has 2 rings (SSSR count). The third kappa shape index (κ3) is 3.62. The molecular formula is C14H18N4O2S. The molecule has 0 radical (unpaired) electrons. The topological polar surface area (TPSA) is 83.0 Å². The van der Waals surface area contributed by atoms with E-state index in [9.17, 15) is 4.79 Å². The summed E-state index contributed by atoms with van der Waals surface area (Å²) in [6.07, 6.45) is 0. The highest BCUT2D eigenvalue weighted by Gasteiger charge is 2.11.